The van der Waals surface area contributed by atoms with E-state index >= 15 is 0 Å². The zero-order valence-corrected chi connectivity index (χ0v) is 16.1. The molecule has 1 aromatic heterocycles. The molecule has 1 unspecified atom stereocenters. The minimum Gasteiger partial charge on any atom is -0.438 e. The molecular weight excluding hydrogens is 354 g/mol. The van der Waals surface area contributed by atoms with E-state index in [1.807, 2.05) is 6.92 Å². The first-order valence-corrected chi connectivity index (χ1v) is 9.07. The number of sulfonamides is 1. The molecule has 2 heterocycles. The van der Waals surface area contributed by atoms with Gasteiger partial charge >= 0.3 is 0 Å². The van der Waals surface area contributed by atoms with Crippen LogP contribution in [0.25, 0.3) is 0 Å². The number of amides is 1. The van der Waals surface area contributed by atoms with Gasteiger partial charge in [0.05, 0.1) is 0 Å². The Morgan fingerprint density at radius 3 is 2.54 bits per heavy atom. The van der Waals surface area contributed by atoms with Crippen LogP contribution < -0.4 is 10.5 Å². The number of hydrogen-bond donors (Lipinski definition) is 2. The summed E-state index contributed by atoms with van der Waals surface area (Å²) in [4.78, 5) is 14.1. The summed E-state index contributed by atoms with van der Waals surface area (Å²) in [5.41, 5.74) is 5.02. The lowest BCUT2D eigenvalue weighted by Crippen LogP contribution is -2.40. The van der Waals surface area contributed by atoms with Crippen LogP contribution in [0, 0.1) is 5.41 Å². The van der Waals surface area contributed by atoms with E-state index in [1.165, 1.54) is 12.1 Å². The maximum atomic E-state index is 12.5. The monoisotopic (exact) mass is 379 g/mol. The van der Waals surface area contributed by atoms with Crippen molar-refractivity contribution in [2.24, 2.45) is 11.1 Å². The molecule has 1 atom stereocenters. The highest BCUT2D eigenvalue weighted by Gasteiger charge is 2.36. The third-order valence-electron chi connectivity index (χ3n) is 3.84. The fourth-order valence-corrected chi connectivity index (χ4v) is 3.91. The van der Waals surface area contributed by atoms with E-state index in [0.29, 0.717) is 19.6 Å². The predicted molar refractivity (Wildman–Crippen MR) is 93.7 cm³/mol. The van der Waals surface area contributed by atoms with Gasteiger partial charge in [0.1, 0.15) is 0 Å². The fourth-order valence-electron chi connectivity index (χ4n) is 2.55. The van der Waals surface area contributed by atoms with Gasteiger partial charge in [-0.1, -0.05) is 6.92 Å². The number of nitrogens with two attached hydrogens (primary N) is 1. The van der Waals surface area contributed by atoms with Gasteiger partial charge in [-0.15, -0.1) is 12.4 Å². The second kappa shape index (κ2) is 7.03. The minimum atomic E-state index is -3.79. The lowest BCUT2D eigenvalue weighted by atomic mass is 9.90. The second-order valence-corrected chi connectivity index (χ2v) is 9.08. The zero-order valence-electron chi connectivity index (χ0n) is 14.5. The van der Waals surface area contributed by atoms with Gasteiger partial charge in [-0.2, -0.15) is 0 Å². The third-order valence-corrected chi connectivity index (χ3v) is 5.47. The van der Waals surface area contributed by atoms with Crippen molar-refractivity contribution in [2.45, 2.75) is 44.7 Å². The van der Waals surface area contributed by atoms with Crippen molar-refractivity contribution in [3.05, 3.63) is 17.9 Å². The van der Waals surface area contributed by atoms with Crippen LogP contribution in [0.3, 0.4) is 0 Å². The first-order valence-electron chi connectivity index (χ1n) is 7.59. The van der Waals surface area contributed by atoms with Crippen LogP contribution >= 0.6 is 12.4 Å². The molecule has 7 nitrogen and oxygen atoms in total. The van der Waals surface area contributed by atoms with Crippen LogP contribution in [0.4, 0.5) is 0 Å². The van der Waals surface area contributed by atoms with E-state index in [2.05, 4.69) is 4.72 Å². The number of carbonyl (C=O) groups is 1. The molecule has 1 amide bonds. The van der Waals surface area contributed by atoms with Crippen molar-refractivity contribution < 1.29 is 17.6 Å². The average molecular weight is 380 g/mol. The number of rotatable bonds is 4. The number of furan rings is 1. The molecule has 138 valence electrons. The molecular formula is C15H26ClN3O4S. The van der Waals surface area contributed by atoms with Crippen LogP contribution in [0.2, 0.25) is 0 Å². The van der Waals surface area contributed by atoms with Crippen molar-refractivity contribution in [3.8, 4) is 0 Å². The number of hydrogen-bond acceptors (Lipinski definition) is 5. The van der Waals surface area contributed by atoms with E-state index in [0.717, 1.165) is 6.42 Å². The number of halogens is 1. The summed E-state index contributed by atoms with van der Waals surface area (Å²) in [7, 11) is -3.79. The van der Waals surface area contributed by atoms with Gasteiger partial charge in [0, 0.05) is 18.6 Å². The smallest absolute Gasteiger partial charge is 0.289 e. The minimum absolute atomic E-state index is 0. The SMILES string of the molecule is CC1(CN)CCN(C(=O)c2ccc(S(=O)(=O)NC(C)(C)C)o2)C1.Cl. The van der Waals surface area contributed by atoms with Gasteiger partial charge < -0.3 is 15.1 Å². The number of carbonyl (C=O) groups excluding carboxylic acids is 1. The van der Waals surface area contributed by atoms with Gasteiger partial charge in [0.15, 0.2) is 5.76 Å². The Morgan fingerprint density at radius 1 is 1.42 bits per heavy atom. The van der Waals surface area contributed by atoms with Crippen molar-refractivity contribution in [2.75, 3.05) is 19.6 Å². The molecule has 0 radical (unpaired) electrons. The highest BCUT2D eigenvalue weighted by molar-refractivity contribution is 7.89. The summed E-state index contributed by atoms with van der Waals surface area (Å²) >= 11 is 0. The molecule has 0 saturated carbocycles. The van der Waals surface area contributed by atoms with Crippen molar-refractivity contribution in [3.63, 3.8) is 0 Å². The first kappa shape index (κ1) is 21.0. The molecule has 9 heteroatoms. The van der Waals surface area contributed by atoms with E-state index in [-0.39, 0.29) is 34.6 Å². The fraction of sp³-hybridized carbons (Fsp3) is 0.667. The van der Waals surface area contributed by atoms with Crippen LogP contribution in [0.1, 0.15) is 44.7 Å². The Labute approximate surface area is 149 Å². The summed E-state index contributed by atoms with van der Waals surface area (Å²) in [6.07, 6.45) is 0.826. The quantitative estimate of drug-likeness (QED) is 0.826. The topological polar surface area (TPSA) is 106 Å². The molecule has 24 heavy (non-hydrogen) atoms. The molecule has 1 aliphatic rings. The van der Waals surface area contributed by atoms with Crippen LogP contribution in [-0.2, 0) is 10.0 Å². The summed E-state index contributed by atoms with van der Waals surface area (Å²) in [6.45, 7) is 8.88. The average Bonchev–Trinajstić information content (AvgIpc) is 3.03. The van der Waals surface area contributed by atoms with Crippen molar-refractivity contribution in [1.82, 2.24) is 9.62 Å². The number of nitrogens with zero attached hydrogens (tertiary/aromatic N) is 1. The van der Waals surface area contributed by atoms with Gasteiger partial charge in [0.2, 0.25) is 5.09 Å². The Kier molecular flexibility index (Phi) is 6.14. The standard InChI is InChI=1S/C15H25N3O4S.ClH/c1-14(2,3)17-23(20,21)12-6-5-11(22-12)13(19)18-8-7-15(4,9-16)10-18;/h5-6,17H,7-10,16H2,1-4H3;1H. The molecule has 0 bridgehead atoms. The molecule has 0 spiro atoms. The van der Waals surface area contributed by atoms with E-state index in [9.17, 15) is 13.2 Å². The van der Waals surface area contributed by atoms with E-state index < -0.39 is 15.6 Å². The normalized spacial score (nSPS) is 21.6. The highest BCUT2D eigenvalue weighted by Crippen LogP contribution is 2.30. The van der Waals surface area contributed by atoms with Crippen LogP contribution in [0.5, 0.6) is 0 Å². The summed E-state index contributed by atoms with van der Waals surface area (Å²) < 4.78 is 32.2. The lowest BCUT2D eigenvalue weighted by molar-refractivity contribution is 0.0739. The first-order chi connectivity index (χ1) is 10.5. The van der Waals surface area contributed by atoms with Gasteiger partial charge in [-0.05, 0) is 51.3 Å². The maximum Gasteiger partial charge on any atom is 0.289 e. The lowest BCUT2D eigenvalue weighted by Gasteiger charge is -2.22. The largest absolute Gasteiger partial charge is 0.438 e. The molecule has 2 rings (SSSR count). The zero-order chi connectivity index (χ0) is 17.5. The van der Waals surface area contributed by atoms with Gasteiger partial charge in [-0.25, -0.2) is 13.1 Å². The van der Waals surface area contributed by atoms with Crippen LogP contribution in [0.15, 0.2) is 21.6 Å². The molecule has 1 aliphatic heterocycles. The van der Waals surface area contributed by atoms with E-state index in [1.54, 1.807) is 25.7 Å². The Balaban J connectivity index is 0.00000288. The summed E-state index contributed by atoms with van der Waals surface area (Å²) in [5.74, 6) is -0.278. The Bertz CT molecular complexity index is 696. The Hall–Kier alpha value is -1.09. The van der Waals surface area contributed by atoms with E-state index in [4.69, 9.17) is 10.2 Å². The molecule has 0 aliphatic carbocycles. The molecule has 1 saturated heterocycles. The molecule has 3 N–H and O–H groups in total. The van der Waals surface area contributed by atoms with Gasteiger partial charge in [-0.3, -0.25) is 4.79 Å². The van der Waals surface area contributed by atoms with Gasteiger partial charge in [0.25, 0.3) is 15.9 Å². The third kappa shape index (κ3) is 4.72. The second-order valence-electron chi connectivity index (χ2n) is 7.47. The Morgan fingerprint density at radius 2 is 2.04 bits per heavy atom. The molecule has 1 fully saturated rings. The van der Waals surface area contributed by atoms with Crippen molar-refractivity contribution in [1.29, 1.82) is 0 Å². The maximum absolute atomic E-state index is 12.5. The number of likely N-dealkylation sites (tertiary alicyclic amines) is 1. The van der Waals surface area contributed by atoms with Crippen LogP contribution in [-0.4, -0.2) is 44.4 Å². The summed E-state index contributed by atoms with van der Waals surface area (Å²) in [5, 5.41) is -0.253. The highest BCUT2D eigenvalue weighted by atomic mass is 35.5. The molecule has 0 aromatic carbocycles. The molecule has 1 aromatic rings. The predicted octanol–water partition coefficient (Wildman–Crippen LogP) is 1.59. The summed E-state index contributed by atoms with van der Waals surface area (Å²) in [6, 6.07) is 2.71. The number of nitrogens with one attached hydrogen (secondary N) is 1. The van der Waals surface area contributed by atoms with Crippen molar-refractivity contribution >= 4 is 28.3 Å².